The third-order valence-electron chi connectivity index (χ3n) is 1.46. The maximum atomic E-state index is 13.1. The first-order valence-electron chi connectivity index (χ1n) is 3.81. The van der Waals surface area contributed by atoms with Crippen molar-refractivity contribution in [3.8, 4) is 0 Å². The van der Waals surface area contributed by atoms with Gasteiger partial charge < -0.3 is 10.4 Å². The second-order valence-corrected chi connectivity index (χ2v) is 3.77. The van der Waals surface area contributed by atoms with Gasteiger partial charge in [0.2, 0.25) is 0 Å². The Morgan fingerprint density at radius 1 is 1.60 bits per heavy atom. The number of hydrogen-bond donors (Lipinski definition) is 2. The average molecular weight is 295 g/mol. The largest absolute Gasteiger partial charge is 0.478 e. The van der Waals surface area contributed by atoms with Crippen LogP contribution < -0.4 is 5.32 Å². The van der Waals surface area contributed by atoms with Crippen LogP contribution in [0.4, 0.5) is 10.1 Å². The van der Waals surface area contributed by atoms with Crippen molar-refractivity contribution in [2.24, 2.45) is 0 Å². The van der Waals surface area contributed by atoms with E-state index in [1.165, 1.54) is 18.3 Å². The van der Waals surface area contributed by atoms with E-state index in [4.69, 9.17) is 16.7 Å². The van der Waals surface area contributed by atoms with E-state index in [0.717, 1.165) is 6.08 Å². The second kappa shape index (κ2) is 5.14. The monoisotopic (exact) mass is 293 g/mol. The van der Waals surface area contributed by atoms with E-state index >= 15 is 0 Å². The smallest absolute Gasteiger partial charge is 0.329 e. The molecule has 0 aliphatic heterocycles. The third kappa shape index (κ3) is 3.53. The normalized spacial score (nSPS) is 10.6. The van der Waals surface area contributed by atoms with Crippen LogP contribution in [0.15, 0.2) is 28.9 Å². The van der Waals surface area contributed by atoms with Crippen LogP contribution in [0, 0.1) is 5.82 Å². The molecule has 0 spiro atoms. The van der Waals surface area contributed by atoms with E-state index in [1.807, 2.05) is 0 Å². The van der Waals surface area contributed by atoms with Crippen molar-refractivity contribution in [1.82, 2.24) is 0 Å². The zero-order valence-electron chi connectivity index (χ0n) is 7.30. The lowest BCUT2D eigenvalue weighted by Gasteiger charge is -2.03. The summed E-state index contributed by atoms with van der Waals surface area (Å²) in [6.07, 6.45) is 2.08. The Morgan fingerprint density at radius 2 is 2.27 bits per heavy atom. The van der Waals surface area contributed by atoms with Crippen LogP contribution in [0.5, 0.6) is 0 Å². The van der Waals surface area contributed by atoms with Crippen LogP contribution >= 0.6 is 27.5 Å². The van der Waals surface area contributed by atoms with Gasteiger partial charge in [-0.2, -0.15) is 0 Å². The maximum absolute atomic E-state index is 13.1. The maximum Gasteiger partial charge on any atom is 0.329 e. The molecule has 0 atom stereocenters. The molecule has 0 heterocycles. The van der Waals surface area contributed by atoms with Crippen LogP contribution in [0.2, 0.25) is 5.02 Å². The van der Waals surface area contributed by atoms with Gasteiger partial charge in [0.05, 0.1) is 9.50 Å². The molecule has 0 aliphatic carbocycles. The zero-order chi connectivity index (χ0) is 11.4. The van der Waals surface area contributed by atoms with E-state index < -0.39 is 11.8 Å². The van der Waals surface area contributed by atoms with Gasteiger partial charge >= 0.3 is 5.97 Å². The molecule has 1 aromatic rings. The van der Waals surface area contributed by atoms with Gasteiger partial charge in [-0.05, 0) is 28.1 Å². The highest BCUT2D eigenvalue weighted by molar-refractivity contribution is 9.10. The molecule has 0 aliphatic rings. The van der Waals surface area contributed by atoms with Crippen LogP contribution in [0.3, 0.4) is 0 Å². The number of nitrogens with one attached hydrogen (secondary N) is 1. The number of hydrogen-bond acceptors (Lipinski definition) is 2. The van der Waals surface area contributed by atoms with Gasteiger partial charge in [-0.1, -0.05) is 11.6 Å². The first-order chi connectivity index (χ1) is 7.00. The fraction of sp³-hybridized carbons (Fsp3) is 0. The van der Waals surface area contributed by atoms with Gasteiger partial charge in [0.15, 0.2) is 0 Å². The first-order valence-corrected chi connectivity index (χ1v) is 4.98. The Bertz CT molecular complexity index is 400. The van der Waals surface area contributed by atoms with Crippen LogP contribution in [-0.4, -0.2) is 11.1 Å². The molecule has 3 nitrogen and oxygen atoms in total. The van der Waals surface area contributed by atoms with Gasteiger partial charge in [0, 0.05) is 18.0 Å². The molecule has 0 aromatic heterocycles. The van der Waals surface area contributed by atoms with Crippen molar-refractivity contribution in [1.29, 1.82) is 0 Å². The predicted octanol–water partition coefficient (Wildman–Crippen LogP) is 3.25. The average Bonchev–Trinajstić information content (AvgIpc) is 2.13. The van der Waals surface area contributed by atoms with Crippen molar-refractivity contribution in [2.75, 3.05) is 5.32 Å². The van der Waals surface area contributed by atoms with E-state index in [-0.39, 0.29) is 9.50 Å². The van der Waals surface area contributed by atoms with E-state index in [1.54, 1.807) is 0 Å². The number of anilines is 1. The van der Waals surface area contributed by atoms with Gasteiger partial charge in [-0.3, -0.25) is 0 Å². The van der Waals surface area contributed by atoms with Crippen LogP contribution in [0.25, 0.3) is 0 Å². The molecule has 1 rings (SSSR count). The molecular formula is C9H6BrClFNO2. The van der Waals surface area contributed by atoms with E-state index in [9.17, 15) is 9.18 Å². The summed E-state index contributed by atoms with van der Waals surface area (Å²) in [6, 6.07) is 2.67. The molecule has 6 heteroatoms. The first kappa shape index (κ1) is 12.0. The highest BCUT2D eigenvalue weighted by Gasteiger charge is 2.05. The Hall–Kier alpha value is -1.07. The van der Waals surface area contributed by atoms with Crippen LogP contribution in [0.1, 0.15) is 0 Å². The Labute approximate surface area is 98.7 Å². The molecule has 80 valence electrons. The summed E-state index contributed by atoms with van der Waals surface area (Å²) < 4.78 is 13.3. The molecule has 1 aromatic carbocycles. The predicted molar refractivity (Wildman–Crippen MR) is 59.5 cm³/mol. The van der Waals surface area contributed by atoms with Gasteiger partial charge in [-0.15, -0.1) is 0 Å². The highest BCUT2D eigenvalue weighted by atomic mass is 79.9. The molecule has 0 unspecified atom stereocenters. The van der Waals surface area contributed by atoms with Crippen LogP contribution in [-0.2, 0) is 4.79 Å². The molecule has 0 bridgehead atoms. The molecule has 15 heavy (non-hydrogen) atoms. The number of carbonyl (C=O) groups is 1. The minimum atomic E-state index is -1.09. The molecule has 0 fully saturated rings. The molecule has 0 amide bonds. The fourth-order valence-electron chi connectivity index (χ4n) is 0.848. The summed E-state index contributed by atoms with van der Waals surface area (Å²) in [7, 11) is 0. The minimum Gasteiger partial charge on any atom is -0.478 e. The minimum absolute atomic E-state index is 0.178. The molecule has 0 radical (unpaired) electrons. The van der Waals surface area contributed by atoms with Gasteiger partial charge in [0.25, 0.3) is 0 Å². The summed E-state index contributed by atoms with van der Waals surface area (Å²) in [5.74, 6) is -1.61. The number of benzene rings is 1. The second-order valence-electron chi connectivity index (χ2n) is 2.57. The lowest BCUT2D eigenvalue weighted by molar-refractivity contribution is -0.131. The van der Waals surface area contributed by atoms with Crippen molar-refractivity contribution < 1.29 is 14.3 Å². The summed E-state index contributed by atoms with van der Waals surface area (Å²) in [5, 5.41) is 11.1. The topological polar surface area (TPSA) is 49.3 Å². The molecule has 0 saturated carbocycles. The van der Waals surface area contributed by atoms with Crippen molar-refractivity contribution >= 4 is 39.2 Å². The quantitative estimate of drug-likeness (QED) is 0.664. The third-order valence-corrected chi connectivity index (χ3v) is 2.79. The van der Waals surface area contributed by atoms with E-state index in [0.29, 0.717) is 5.69 Å². The highest BCUT2D eigenvalue weighted by Crippen LogP contribution is 2.28. The SMILES string of the molecule is O=C(O)/C=C/Nc1cc(F)c(Br)c(Cl)c1. The van der Waals surface area contributed by atoms with E-state index in [2.05, 4.69) is 21.2 Å². The number of rotatable bonds is 3. The Morgan fingerprint density at radius 3 is 2.80 bits per heavy atom. The Kier molecular flexibility index (Phi) is 4.11. The number of aliphatic carboxylic acids is 1. The molecular weight excluding hydrogens is 288 g/mol. The lowest BCUT2D eigenvalue weighted by atomic mass is 10.3. The molecule has 0 saturated heterocycles. The zero-order valence-corrected chi connectivity index (χ0v) is 9.64. The van der Waals surface area contributed by atoms with Crippen molar-refractivity contribution in [2.45, 2.75) is 0 Å². The van der Waals surface area contributed by atoms with Crippen molar-refractivity contribution in [3.63, 3.8) is 0 Å². The number of halogens is 3. The standard InChI is InChI=1S/C9H6BrClFNO2/c10-9-6(11)3-5(4-7(9)12)13-2-1-8(14)15/h1-4,13H,(H,14,15)/b2-1+. The summed E-state index contributed by atoms with van der Waals surface area (Å²) in [5.41, 5.74) is 0.373. The van der Waals surface area contributed by atoms with Gasteiger partial charge in [-0.25, -0.2) is 9.18 Å². The molecule has 2 N–H and O–H groups in total. The summed E-state index contributed by atoms with van der Waals surface area (Å²) in [6.45, 7) is 0. The summed E-state index contributed by atoms with van der Waals surface area (Å²) >= 11 is 8.65. The van der Waals surface area contributed by atoms with Crippen molar-refractivity contribution in [3.05, 3.63) is 39.7 Å². The summed E-state index contributed by atoms with van der Waals surface area (Å²) in [4.78, 5) is 10.1. The van der Waals surface area contributed by atoms with Gasteiger partial charge in [0.1, 0.15) is 5.82 Å². The Balaban J connectivity index is 2.83. The number of carboxylic acid groups (broad SMARTS) is 1. The number of carboxylic acids is 1. The lowest BCUT2D eigenvalue weighted by Crippen LogP contribution is -1.93. The fourth-order valence-corrected chi connectivity index (χ4v) is 1.28.